The lowest BCUT2D eigenvalue weighted by molar-refractivity contribution is -0.137. The Labute approximate surface area is 129 Å². The Balaban J connectivity index is 1.78. The molecule has 0 spiro atoms. The SMILES string of the molecule is O=C(NC1CC2CCC1C2)c1cc(C(F)(F)F)ccc1Br. The van der Waals surface area contributed by atoms with E-state index in [1.807, 2.05) is 0 Å². The largest absolute Gasteiger partial charge is 0.416 e. The van der Waals surface area contributed by atoms with Gasteiger partial charge < -0.3 is 5.32 Å². The molecule has 1 amide bonds. The van der Waals surface area contributed by atoms with Gasteiger partial charge in [0.1, 0.15) is 0 Å². The third-order valence-electron chi connectivity index (χ3n) is 4.59. The van der Waals surface area contributed by atoms with Crippen molar-refractivity contribution >= 4 is 21.8 Å². The van der Waals surface area contributed by atoms with Crippen molar-refractivity contribution in [2.45, 2.75) is 37.9 Å². The lowest BCUT2D eigenvalue weighted by Gasteiger charge is -2.23. The Kier molecular flexibility index (Phi) is 3.76. The van der Waals surface area contributed by atoms with Gasteiger partial charge in [-0.3, -0.25) is 4.79 Å². The van der Waals surface area contributed by atoms with Crippen molar-refractivity contribution in [3.63, 3.8) is 0 Å². The minimum absolute atomic E-state index is 0.0487. The van der Waals surface area contributed by atoms with E-state index < -0.39 is 17.6 Å². The molecule has 2 bridgehead atoms. The molecule has 1 aromatic carbocycles. The van der Waals surface area contributed by atoms with Gasteiger partial charge in [0.15, 0.2) is 0 Å². The van der Waals surface area contributed by atoms with Gasteiger partial charge in [-0.25, -0.2) is 0 Å². The van der Waals surface area contributed by atoms with E-state index in [4.69, 9.17) is 0 Å². The first kappa shape index (κ1) is 14.9. The maximum absolute atomic E-state index is 12.7. The molecule has 0 radical (unpaired) electrons. The fourth-order valence-electron chi connectivity index (χ4n) is 3.54. The maximum atomic E-state index is 12.7. The zero-order valence-corrected chi connectivity index (χ0v) is 12.8. The van der Waals surface area contributed by atoms with Crippen LogP contribution >= 0.6 is 15.9 Å². The third-order valence-corrected chi connectivity index (χ3v) is 5.28. The van der Waals surface area contributed by atoms with Crippen LogP contribution in [0.5, 0.6) is 0 Å². The highest BCUT2D eigenvalue weighted by Gasteiger charge is 2.40. The van der Waals surface area contributed by atoms with Crippen LogP contribution in [0.4, 0.5) is 13.2 Å². The predicted octanol–water partition coefficient (Wildman–Crippen LogP) is 4.39. The molecule has 3 unspecified atom stereocenters. The molecule has 1 N–H and O–H groups in total. The first-order valence-electron chi connectivity index (χ1n) is 7.02. The van der Waals surface area contributed by atoms with Crippen LogP contribution in [0.3, 0.4) is 0 Å². The average Bonchev–Trinajstić information content (AvgIpc) is 2.99. The zero-order chi connectivity index (χ0) is 15.2. The van der Waals surface area contributed by atoms with Gasteiger partial charge in [0.2, 0.25) is 0 Å². The van der Waals surface area contributed by atoms with Crippen LogP contribution in [-0.4, -0.2) is 11.9 Å². The lowest BCUT2D eigenvalue weighted by Crippen LogP contribution is -2.38. The van der Waals surface area contributed by atoms with E-state index >= 15 is 0 Å². The van der Waals surface area contributed by atoms with Crippen LogP contribution in [0, 0.1) is 11.8 Å². The van der Waals surface area contributed by atoms with Crippen LogP contribution in [0.25, 0.3) is 0 Å². The third kappa shape index (κ3) is 2.96. The first-order chi connectivity index (χ1) is 9.84. The number of amides is 1. The molecule has 1 aromatic rings. The highest BCUT2D eigenvalue weighted by atomic mass is 79.9. The van der Waals surface area contributed by atoms with E-state index in [9.17, 15) is 18.0 Å². The summed E-state index contributed by atoms with van der Waals surface area (Å²) in [6.45, 7) is 0. The molecular formula is C15H15BrF3NO. The average molecular weight is 362 g/mol. The van der Waals surface area contributed by atoms with Crippen LogP contribution in [-0.2, 0) is 6.18 Å². The van der Waals surface area contributed by atoms with Crippen molar-refractivity contribution in [2.75, 3.05) is 0 Å². The quantitative estimate of drug-likeness (QED) is 0.831. The molecule has 114 valence electrons. The molecule has 0 aromatic heterocycles. The fraction of sp³-hybridized carbons (Fsp3) is 0.533. The molecule has 2 saturated carbocycles. The van der Waals surface area contributed by atoms with E-state index in [0.717, 1.165) is 31.4 Å². The Morgan fingerprint density at radius 3 is 2.57 bits per heavy atom. The monoisotopic (exact) mass is 361 g/mol. The summed E-state index contributed by atoms with van der Waals surface area (Å²) in [5.74, 6) is 0.735. The number of halogens is 4. The van der Waals surface area contributed by atoms with Crippen LogP contribution in [0.2, 0.25) is 0 Å². The summed E-state index contributed by atoms with van der Waals surface area (Å²) in [6.07, 6.45) is -0.0342. The van der Waals surface area contributed by atoms with E-state index in [-0.39, 0.29) is 11.6 Å². The molecule has 2 nitrogen and oxygen atoms in total. The second kappa shape index (κ2) is 5.30. The van der Waals surface area contributed by atoms with Crippen LogP contribution < -0.4 is 5.32 Å². The number of carbonyl (C=O) groups excluding carboxylic acids is 1. The van der Waals surface area contributed by atoms with Crippen LogP contribution in [0.1, 0.15) is 41.6 Å². The number of hydrogen-bond acceptors (Lipinski definition) is 1. The molecular weight excluding hydrogens is 347 g/mol. The number of nitrogens with one attached hydrogen (secondary N) is 1. The molecule has 3 rings (SSSR count). The molecule has 0 aliphatic heterocycles. The summed E-state index contributed by atoms with van der Waals surface area (Å²) in [6, 6.07) is 3.27. The van der Waals surface area contributed by atoms with Crippen molar-refractivity contribution in [1.29, 1.82) is 0 Å². The van der Waals surface area contributed by atoms with E-state index in [2.05, 4.69) is 21.2 Å². The molecule has 0 heterocycles. The second-order valence-electron chi connectivity index (χ2n) is 5.95. The maximum Gasteiger partial charge on any atom is 0.416 e. The van der Waals surface area contributed by atoms with E-state index in [0.29, 0.717) is 16.3 Å². The zero-order valence-electron chi connectivity index (χ0n) is 11.2. The van der Waals surface area contributed by atoms with Gasteiger partial charge in [-0.15, -0.1) is 0 Å². The van der Waals surface area contributed by atoms with Crippen molar-refractivity contribution in [2.24, 2.45) is 11.8 Å². The van der Waals surface area contributed by atoms with Gasteiger partial charge in [0.05, 0.1) is 11.1 Å². The summed E-state index contributed by atoms with van der Waals surface area (Å²) in [7, 11) is 0. The summed E-state index contributed by atoms with van der Waals surface area (Å²) in [5.41, 5.74) is -0.753. The molecule has 2 fully saturated rings. The summed E-state index contributed by atoms with van der Waals surface area (Å²) < 4.78 is 38.6. The predicted molar refractivity (Wildman–Crippen MR) is 75.8 cm³/mol. The van der Waals surface area contributed by atoms with Gasteiger partial charge >= 0.3 is 6.18 Å². The minimum Gasteiger partial charge on any atom is -0.349 e. The number of alkyl halides is 3. The van der Waals surface area contributed by atoms with Crippen molar-refractivity contribution in [3.8, 4) is 0 Å². The van der Waals surface area contributed by atoms with E-state index in [1.165, 1.54) is 12.5 Å². The number of carbonyl (C=O) groups is 1. The van der Waals surface area contributed by atoms with Gasteiger partial charge in [-0.2, -0.15) is 13.2 Å². The van der Waals surface area contributed by atoms with Gasteiger partial charge in [0, 0.05) is 10.5 Å². The summed E-state index contributed by atoms with van der Waals surface area (Å²) in [5, 5.41) is 2.91. The van der Waals surface area contributed by atoms with Gasteiger partial charge in [-0.1, -0.05) is 6.42 Å². The molecule has 2 aliphatic rings. The Hall–Kier alpha value is -1.04. The highest BCUT2D eigenvalue weighted by Crippen LogP contribution is 2.44. The van der Waals surface area contributed by atoms with Crippen molar-refractivity contribution in [1.82, 2.24) is 5.32 Å². The second-order valence-corrected chi connectivity index (χ2v) is 6.80. The smallest absolute Gasteiger partial charge is 0.349 e. The molecule has 3 atom stereocenters. The standard InChI is InChI=1S/C15H15BrF3NO/c16-12-4-3-10(15(17,18)19)7-11(12)14(21)20-13-6-8-1-2-9(13)5-8/h3-4,7-9,13H,1-2,5-6H2,(H,20,21). The molecule has 6 heteroatoms. The Bertz CT molecular complexity index is 573. The Morgan fingerprint density at radius 2 is 2.00 bits per heavy atom. The topological polar surface area (TPSA) is 29.1 Å². The lowest BCUT2D eigenvalue weighted by atomic mass is 9.95. The molecule has 0 saturated heterocycles. The summed E-state index contributed by atoms with van der Waals surface area (Å²) >= 11 is 3.16. The molecule has 2 aliphatic carbocycles. The minimum atomic E-state index is -4.44. The number of fused-ring (bicyclic) bond motifs is 2. The normalized spacial score (nSPS) is 27.9. The first-order valence-corrected chi connectivity index (χ1v) is 7.81. The van der Waals surface area contributed by atoms with E-state index in [1.54, 1.807) is 0 Å². The fourth-order valence-corrected chi connectivity index (χ4v) is 3.97. The number of rotatable bonds is 2. The highest BCUT2D eigenvalue weighted by molar-refractivity contribution is 9.10. The number of benzene rings is 1. The van der Waals surface area contributed by atoms with Crippen LogP contribution in [0.15, 0.2) is 22.7 Å². The Morgan fingerprint density at radius 1 is 1.24 bits per heavy atom. The molecule has 21 heavy (non-hydrogen) atoms. The summed E-state index contributed by atoms with van der Waals surface area (Å²) in [4.78, 5) is 12.3. The van der Waals surface area contributed by atoms with Gasteiger partial charge in [-0.05, 0) is 65.2 Å². The van der Waals surface area contributed by atoms with Gasteiger partial charge in [0.25, 0.3) is 5.91 Å². The van der Waals surface area contributed by atoms with Crippen molar-refractivity contribution in [3.05, 3.63) is 33.8 Å². The number of hydrogen-bond donors (Lipinski definition) is 1. The van der Waals surface area contributed by atoms with Crippen molar-refractivity contribution < 1.29 is 18.0 Å².